The predicted octanol–water partition coefficient (Wildman–Crippen LogP) is 5.76. The summed E-state index contributed by atoms with van der Waals surface area (Å²) in [6.07, 6.45) is 8.11. The van der Waals surface area contributed by atoms with Gasteiger partial charge in [0.25, 0.3) is 0 Å². The van der Waals surface area contributed by atoms with Gasteiger partial charge in [0, 0.05) is 58.7 Å². The van der Waals surface area contributed by atoms with Gasteiger partial charge >= 0.3 is 11.9 Å². The van der Waals surface area contributed by atoms with E-state index in [0.717, 1.165) is 91.1 Å². The van der Waals surface area contributed by atoms with Gasteiger partial charge in [0.1, 0.15) is 11.8 Å². The summed E-state index contributed by atoms with van der Waals surface area (Å²) in [6, 6.07) is -0.950. The second-order valence-corrected chi connectivity index (χ2v) is 13.7. The number of carbonyl (C=O) groups is 2. The number of hydrogen-bond donors (Lipinski definition) is 4. The number of aliphatic hydroxyl groups is 1. The number of hydrogen-bond acceptors (Lipinski definition) is 10. The smallest absolute Gasteiger partial charge is 0.321 e. The molecular formula is C36H41N5O5S. The number of carboxylic acid groups (broad SMARTS) is 1. The molecule has 3 atom stereocenters. The van der Waals surface area contributed by atoms with E-state index in [4.69, 9.17) is 25.4 Å². The molecule has 0 aromatic carbocycles. The standard InChI is InChI=1S/C36H41N5O5S/c1-7-20-16(2)26-12-30-23(14-47-15-24(37)36(44)45)18(4)25(39-30)11-27-17(3)21(8-9-32(43)46-6)34(40-27)22-10-31(42)33-19(5)28(41-35(22)33)13-29(20)38-26/h11-13,17,21,24,40,42H,7-10,14-15,37H2,1-6H3,(H,44,45)/t17-,21-,24-/m0/s1. The predicted molar refractivity (Wildman–Crippen MR) is 186 cm³/mol. The van der Waals surface area contributed by atoms with Gasteiger partial charge in [-0.1, -0.05) is 13.8 Å². The van der Waals surface area contributed by atoms with Crippen molar-refractivity contribution in [2.75, 3.05) is 18.6 Å². The number of aliphatic hydroxyl groups excluding tert-OH is 1. The number of aliphatic carboxylic acids is 1. The van der Waals surface area contributed by atoms with Gasteiger partial charge in [0.2, 0.25) is 0 Å². The van der Waals surface area contributed by atoms with Crippen molar-refractivity contribution in [3.63, 3.8) is 0 Å². The monoisotopic (exact) mass is 655 g/mol. The van der Waals surface area contributed by atoms with Crippen LogP contribution in [0, 0.1) is 11.8 Å². The van der Waals surface area contributed by atoms with Crippen LogP contribution in [0.25, 0.3) is 0 Å². The fourth-order valence-corrected chi connectivity index (χ4v) is 8.16. The van der Waals surface area contributed by atoms with Gasteiger partial charge in [-0.05, 0) is 79.7 Å². The van der Waals surface area contributed by atoms with Crippen molar-refractivity contribution in [1.82, 2.24) is 5.32 Å². The number of thioether (sulfide) groups is 1. The van der Waals surface area contributed by atoms with Crippen LogP contribution in [0.15, 0.2) is 106 Å². The lowest BCUT2D eigenvalue weighted by molar-refractivity contribution is -0.141. The number of aliphatic imine (C=N–C) groups is 3. The molecule has 1 saturated heterocycles. The zero-order valence-corrected chi connectivity index (χ0v) is 28.5. The van der Waals surface area contributed by atoms with Crippen LogP contribution in [0.3, 0.4) is 0 Å². The lowest BCUT2D eigenvalue weighted by atomic mass is 9.86. The van der Waals surface area contributed by atoms with E-state index in [1.54, 1.807) is 0 Å². The van der Waals surface area contributed by atoms with Crippen molar-refractivity contribution in [3.8, 4) is 0 Å². The zero-order chi connectivity index (χ0) is 33.7. The van der Waals surface area contributed by atoms with Crippen LogP contribution in [-0.2, 0) is 14.3 Å². The Hall–Kier alpha value is -4.22. The number of nitrogens with two attached hydrogens (primary N) is 1. The van der Waals surface area contributed by atoms with Crippen LogP contribution in [0.2, 0.25) is 0 Å². The molecule has 1 fully saturated rings. The first-order valence-electron chi connectivity index (χ1n) is 16.0. The highest BCUT2D eigenvalue weighted by atomic mass is 32.2. The van der Waals surface area contributed by atoms with Gasteiger partial charge in [0.05, 0.1) is 41.3 Å². The van der Waals surface area contributed by atoms with Gasteiger partial charge in [-0.25, -0.2) is 15.0 Å². The molecule has 47 heavy (non-hydrogen) atoms. The van der Waals surface area contributed by atoms with Crippen molar-refractivity contribution in [1.29, 1.82) is 0 Å². The van der Waals surface area contributed by atoms with E-state index in [2.05, 4.69) is 32.2 Å². The third-order valence-electron chi connectivity index (χ3n) is 9.93. The highest BCUT2D eigenvalue weighted by molar-refractivity contribution is 7.99. The van der Waals surface area contributed by atoms with E-state index in [1.807, 2.05) is 26.0 Å². The van der Waals surface area contributed by atoms with Crippen molar-refractivity contribution in [2.24, 2.45) is 32.5 Å². The largest absolute Gasteiger partial charge is 0.511 e. The first-order valence-corrected chi connectivity index (χ1v) is 17.2. The first kappa shape index (κ1) is 32.7. The SMILES string of the molecule is CCC1=C(C)C2=NC1=CC1=C(C)C3=C(O)CC(=C4NC(=CC5=NC(=C2)C(CSC[C@H](N)C(=O)O)=C5C)[C@@H](C)[C@@H]4CCC(=O)OC)C3=N1. The number of ether oxygens (including phenoxy) is 1. The van der Waals surface area contributed by atoms with Gasteiger partial charge in [-0.15, -0.1) is 0 Å². The van der Waals surface area contributed by atoms with Crippen LogP contribution in [0.1, 0.15) is 60.3 Å². The van der Waals surface area contributed by atoms with Crippen molar-refractivity contribution < 1.29 is 24.5 Å². The van der Waals surface area contributed by atoms with Crippen molar-refractivity contribution >= 4 is 40.8 Å². The molecule has 5 N–H and O–H groups in total. The number of nitrogens with zero attached hydrogens (tertiary/aromatic N) is 3. The molecule has 0 unspecified atom stereocenters. The maximum Gasteiger partial charge on any atom is 0.321 e. The van der Waals surface area contributed by atoms with Crippen LogP contribution in [0.5, 0.6) is 0 Å². The Kier molecular flexibility index (Phi) is 8.88. The van der Waals surface area contributed by atoms with Crippen LogP contribution in [0.4, 0.5) is 0 Å². The third-order valence-corrected chi connectivity index (χ3v) is 11.0. The number of methoxy groups -OCH3 is 1. The molecule has 0 amide bonds. The summed E-state index contributed by atoms with van der Waals surface area (Å²) >= 11 is 1.47. The molecule has 0 saturated carbocycles. The Morgan fingerprint density at radius 3 is 2.43 bits per heavy atom. The zero-order valence-electron chi connectivity index (χ0n) is 27.7. The summed E-state index contributed by atoms with van der Waals surface area (Å²) in [4.78, 5) is 38.9. The number of fused-ring (bicyclic) bond motifs is 5. The highest BCUT2D eigenvalue weighted by Gasteiger charge is 2.41. The van der Waals surface area contributed by atoms with Crippen molar-refractivity contribution in [2.45, 2.75) is 66.3 Å². The lowest BCUT2D eigenvalue weighted by Gasteiger charge is -2.17. The van der Waals surface area contributed by atoms with E-state index in [1.165, 1.54) is 18.9 Å². The Morgan fingerprint density at radius 1 is 1.06 bits per heavy atom. The van der Waals surface area contributed by atoms with Crippen LogP contribution in [-0.4, -0.2) is 63.9 Å². The Morgan fingerprint density at radius 2 is 1.74 bits per heavy atom. The maximum atomic E-state index is 12.3. The molecule has 6 rings (SSSR count). The number of rotatable bonds is 9. The molecule has 6 aliphatic rings. The minimum atomic E-state index is -1.02. The molecule has 0 aromatic rings. The Bertz CT molecular complexity index is 1840. The molecule has 246 valence electrons. The number of carboxylic acids is 1. The van der Waals surface area contributed by atoms with Crippen LogP contribution >= 0.6 is 11.8 Å². The van der Waals surface area contributed by atoms with Crippen molar-refractivity contribution in [3.05, 3.63) is 91.5 Å². The van der Waals surface area contributed by atoms with E-state index in [0.29, 0.717) is 24.4 Å². The minimum Gasteiger partial charge on any atom is -0.511 e. The summed E-state index contributed by atoms with van der Waals surface area (Å²) < 4.78 is 4.98. The average Bonchev–Trinajstić information content (AvgIpc) is 3.79. The molecule has 5 aliphatic heterocycles. The second kappa shape index (κ2) is 12.8. The number of esters is 1. The molecule has 1 aliphatic carbocycles. The highest BCUT2D eigenvalue weighted by Crippen LogP contribution is 2.46. The average molecular weight is 656 g/mol. The first-order chi connectivity index (χ1) is 22.4. The molecule has 5 heterocycles. The van der Waals surface area contributed by atoms with E-state index < -0.39 is 12.0 Å². The topological polar surface area (TPSA) is 159 Å². The maximum absolute atomic E-state index is 12.3. The van der Waals surface area contributed by atoms with Gasteiger partial charge < -0.3 is 26.0 Å². The van der Waals surface area contributed by atoms with E-state index >= 15 is 0 Å². The van der Waals surface area contributed by atoms with Gasteiger partial charge in [-0.2, -0.15) is 11.8 Å². The number of carbonyl (C=O) groups excluding carboxylic acids is 1. The molecule has 11 heteroatoms. The lowest BCUT2D eigenvalue weighted by Crippen LogP contribution is -2.32. The number of nitrogens with one attached hydrogen (secondary N) is 1. The Labute approximate surface area is 279 Å². The minimum absolute atomic E-state index is 0.0225. The summed E-state index contributed by atoms with van der Waals surface area (Å²) in [7, 11) is 1.40. The second-order valence-electron chi connectivity index (χ2n) is 12.7. The fourth-order valence-electron chi connectivity index (χ4n) is 7.07. The fraction of sp³-hybridized carbons (Fsp3) is 0.417. The molecule has 0 spiro atoms. The summed E-state index contributed by atoms with van der Waals surface area (Å²) in [6.45, 7) is 10.4. The van der Waals surface area contributed by atoms with E-state index in [-0.39, 0.29) is 30.0 Å². The van der Waals surface area contributed by atoms with E-state index in [9.17, 15) is 19.8 Å². The number of allylic oxidation sites excluding steroid dienone is 12. The summed E-state index contributed by atoms with van der Waals surface area (Å²) in [5.74, 6) is -0.173. The quantitative estimate of drug-likeness (QED) is 0.228. The molecule has 10 nitrogen and oxygen atoms in total. The molecule has 0 aromatic heterocycles. The molecule has 0 radical (unpaired) electrons. The molecule has 8 bridgehead atoms. The normalized spacial score (nSPS) is 24.0. The summed E-state index contributed by atoms with van der Waals surface area (Å²) in [5, 5.41) is 24.3. The Balaban J connectivity index is 1.52. The van der Waals surface area contributed by atoms with Crippen LogP contribution < -0.4 is 11.1 Å². The summed E-state index contributed by atoms with van der Waals surface area (Å²) in [5.41, 5.74) is 19.4. The third kappa shape index (κ3) is 5.80. The molecular weight excluding hydrogens is 614 g/mol. The van der Waals surface area contributed by atoms with Gasteiger partial charge in [-0.3, -0.25) is 9.59 Å². The van der Waals surface area contributed by atoms with Gasteiger partial charge in [0.15, 0.2) is 0 Å².